The average molecular weight is 274 g/mol. The predicted molar refractivity (Wildman–Crippen MR) is 73.3 cm³/mol. The van der Waals surface area contributed by atoms with E-state index in [9.17, 15) is 5.11 Å². The first-order chi connectivity index (χ1) is 9.75. The van der Waals surface area contributed by atoms with Crippen LogP contribution in [0.1, 0.15) is 32.1 Å². The summed E-state index contributed by atoms with van der Waals surface area (Å²) in [6.45, 7) is 0.354. The molecular formula is C15H18N2O3. The Morgan fingerprint density at radius 1 is 1.15 bits per heavy atom. The van der Waals surface area contributed by atoms with Crippen LogP contribution in [0.3, 0.4) is 0 Å². The van der Waals surface area contributed by atoms with Crippen LogP contribution in [0.5, 0.6) is 5.75 Å². The minimum Gasteiger partial charge on any atom is -0.491 e. The molecule has 1 fully saturated rings. The van der Waals surface area contributed by atoms with Crippen molar-refractivity contribution >= 4 is 0 Å². The fourth-order valence-electron chi connectivity index (χ4n) is 2.56. The van der Waals surface area contributed by atoms with Gasteiger partial charge in [-0.25, -0.2) is 0 Å². The van der Waals surface area contributed by atoms with Gasteiger partial charge in [0.05, 0.1) is 5.60 Å². The van der Waals surface area contributed by atoms with Crippen molar-refractivity contribution in [3.05, 3.63) is 30.7 Å². The van der Waals surface area contributed by atoms with Gasteiger partial charge in [-0.2, -0.15) is 0 Å². The first kappa shape index (κ1) is 13.1. The molecule has 0 atom stereocenters. The molecule has 1 N–H and O–H groups in total. The standard InChI is InChI=1S/C15H18N2O3/c18-15(8-2-1-3-9-15)10-19-13-6-4-12(5-7-13)14-17-16-11-20-14/h4-7,11,18H,1-3,8-10H2. The van der Waals surface area contributed by atoms with Gasteiger partial charge in [-0.1, -0.05) is 19.3 Å². The molecule has 1 saturated carbocycles. The second kappa shape index (κ2) is 5.63. The van der Waals surface area contributed by atoms with Gasteiger partial charge >= 0.3 is 0 Å². The number of benzene rings is 1. The molecule has 20 heavy (non-hydrogen) atoms. The third kappa shape index (κ3) is 2.99. The summed E-state index contributed by atoms with van der Waals surface area (Å²) < 4.78 is 10.8. The highest BCUT2D eigenvalue weighted by Gasteiger charge is 2.29. The molecule has 0 spiro atoms. The van der Waals surface area contributed by atoms with Crippen molar-refractivity contribution in [3.8, 4) is 17.2 Å². The van der Waals surface area contributed by atoms with E-state index in [-0.39, 0.29) is 0 Å². The van der Waals surface area contributed by atoms with E-state index in [1.54, 1.807) is 0 Å². The van der Waals surface area contributed by atoms with E-state index in [4.69, 9.17) is 9.15 Å². The number of hydrogen-bond acceptors (Lipinski definition) is 5. The summed E-state index contributed by atoms with van der Waals surface area (Å²) >= 11 is 0. The van der Waals surface area contributed by atoms with Gasteiger partial charge in [0.1, 0.15) is 12.4 Å². The van der Waals surface area contributed by atoms with Crippen LogP contribution in [0.4, 0.5) is 0 Å². The normalized spacial score (nSPS) is 17.9. The summed E-state index contributed by atoms with van der Waals surface area (Å²) in [6, 6.07) is 7.44. The Labute approximate surface area is 117 Å². The van der Waals surface area contributed by atoms with Gasteiger partial charge in [-0.05, 0) is 37.1 Å². The van der Waals surface area contributed by atoms with Gasteiger partial charge in [0, 0.05) is 5.56 Å². The number of hydrogen-bond donors (Lipinski definition) is 1. The van der Waals surface area contributed by atoms with Crippen molar-refractivity contribution in [3.63, 3.8) is 0 Å². The van der Waals surface area contributed by atoms with Crippen molar-refractivity contribution in [2.75, 3.05) is 6.61 Å². The van der Waals surface area contributed by atoms with Gasteiger partial charge in [0.25, 0.3) is 0 Å². The maximum absolute atomic E-state index is 10.4. The smallest absolute Gasteiger partial charge is 0.247 e. The molecule has 106 valence electrons. The van der Waals surface area contributed by atoms with E-state index in [2.05, 4.69) is 10.2 Å². The van der Waals surface area contributed by atoms with Crippen LogP contribution in [-0.4, -0.2) is 27.5 Å². The maximum Gasteiger partial charge on any atom is 0.247 e. The third-order valence-electron chi connectivity index (χ3n) is 3.75. The van der Waals surface area contributed by atoms with E-state index < -0.39 is 5.60 Å². The maximum atomic E-state index is 10.4. The molecule has 0 bridgehead atoms. The molecule has 5 nitrogen and oxygen atoms in total. The van der Waals surface area contributed by atoms with Crippen molar-refractivity contribution in [2.45, 2.75) is 37.7 Å². The largest absolute Gasteiger partial charge is 0.491 e. The van der Waals surface area contributed by atoms with Crippen LogP contribution >= 0.6 is 0 Å². The third-order valence-corrected chi connectivity index (χ3v) is 3.75. The molecular weight excluding hydrogens is 256 g/mol. The summed E-state index contributed by atoms with van der Waals surface area (Å²) in [4.78, 5) is 0. The molecule has 0 unspecified atom stereocenters. The van der Waals surface area contributed by atoms with Gasteiger partial charge in [-0.15, -0.1) is 10.2 Å². The average Bonchev–Trinajstić information content (AvgIpc) is 3.01. The molecule has 1 aliphatic rings. The molecule has 0 aliphatic heterocycles. The Hall–Kier alpha value is -1.88. The van der Waals surface area contributed by atoms with Gasteiger partial charge in [-0.3, -0.25) is 0 Å². The highest BCUT2D eigenvalue weighted by Crippen LogP contribution is 2.29. The molecule has 5 heteroatoms. The minimum atomic E-state index is -0.663. The van der Waals surface area contributed by atoms with Gasteiger partial charge in [0.15, 0.2) is 0 Å². The van der Waals surface area contributed by atoms with Crippen LogP contribution in [0.15, 0.2) is 35.1 Å². The van der Waals surface area contributed by atoms with Crippen molar-refractivity contribution in [1.29, 1.82) is 0 Å². The monoisotopic (exact) mass is 274 g/mol. The zero-order valence-electron chi connectivity index (χ0n) is 11.3. The van der Waals surface area contributed by atoms with Crippen LogP contribution < -0.4 is 4.74 Å². The lowest BCUT2D eigenvalue weighted by molar-refractivity contribution is -0.0339. The van der Waals surface area contributed by atoms with Crippen molar-refractivity contribution in [2.24, 2.45) is 0 Å². The lowest BCUT2D eigenvalue weighted by Crippen LogP contribution is -2.37. The SMILES string of the molecule is OC1(COc2ccc(-c3nnco3)cc2)CCCCC1. The highest BCUT2D eigenvalue weighted by atomic mass is 16.5. The molecule has 1 aliphatic carbocycles. The number of aromatic nitrogens is 2. The summed E-state index contributed by atoms with van der Waals surface area (Å²) in [5.41, 5.74) is 0.190. The predicted octanol–water partition coefficient (Wildman–Crippen LogP) is 2.81. The first-order valence-electron chi connectivity index (χ1n) is 6.97. The summed E-state index contributed by atoms with van der Waals surface area (Å²) in [5.74, 6) is 1.23. The second-order valence-electron chi connectivity index (χ2n) is 5.34. The highest BCUT2D eigenvalue weighted by molar-refractivity contribution is 5.53. The van der Waals surface area contributed by atoms with Crippen LogP contribution in [0, 0.1) is 0 Å². The van der Waals surface area contributed by atoms with E-state index in [0.29, 0.717) is 12.5 Å². The molecule has 2 aromatic rings. The number of nitrogens with zero attached hydrogens (tertiary/aromatic N) is 2. The van der Waals surface area contributed by atoms with E-state index >= 15 is 0 Å². The topological polar surface area (TPSA) is 68.4 Å². The zero-order valence-corrected chi connectivity index (χ0v) is 11.3. The number of ether oxygens (including phenoxy) is 1. The Balaban J connectivity index is 1.61. The Kier molecular flexibility index (Phi) is 3.69. The molecule has 3 rings (SSSR count). The summed E-state index contributed by atoms with van der Waals surface area (Å²) in [5, 5.41) is 17.9. The molecule has 1 aromatic heterocycles. The quantitative estimate of drug-likeness (QED) is 0.928. The van der Waals surface area contributed by atoms with Crippen LogP contribution in [-0.2, 0) is 0 Å². The Morgan fingerprint density at radius 3 is 2.55 bits per heavy atom. The number of aliphatic hydroxyl groups is 1. The fourth-order valence-corrected chi connectivity index (χ4v) is 2.56. The van der Waals surface area contributed by atoms with E-state index in [1.807, 2.05) is 24.3 Å². The lowest BCUT2D eigenvalue weighted by Gasteiger charge is -2.31. The van der Waals surface area contributed by atoms with Crippen molar-refractivity contribution < 1.29 is 14.3 Å². The fraction of sp³-hybridized carbons (Fsp3) is 0.467. The van der Waals surface area contributed by atoms with Gasteiger partial charge < -0.3 is 14.3 Å². The molecule has 0 amide bonds. The second-order valence-corrected chi connectivity index (χ2v) is 5.34. The van der Waals surface area contributed by atoms with Crippen molar-refractivity contribution in [1.82, 2.24) is 10.2 Å². The van der Waals surface area contributed by atoms with Crippen LogP contribution in [0.2, 0.25) is 0 Å². The molecule has 1 heterocycles. The van der Waals surface area contributed by atoms with E-state index in [0.717, 1.165) is 37.0 Å². The van der Waals surface area contributed by atoms with E-state index in [1.165, 1.54) is 12.8 Å². The number of rotatable bonds is 4. The lowest BCUT2D eigenvalue weighted by atomic mass is 9.85. The molecule has 0 radical (unpaired) electrons. The summed E-state index contributed by atoms with van der Waals surface area (Å²) in [6.07, 6.45) is 6.32. The Morgan fingerprint density at radius 2 is 1.90 bits per heavy atom. The van der Waals surface area contributed by atoms with Gasteiger partial charge in [0.2, 0.25) is 12.3 Å². The molecule has 1 aromatic carbocycles. The van der Waals surface area contributed by atoms with Crippen LogP contribution in [0.25, 0.3) is 11.5 Å². The first-order valence-corrected chi connectivity index (χ1v) is 6.97. The minimum absolute atomic E-state index is 0.354. The molecule has 0 saturated heterocycles. The Bertz CT molecular complexity index is 531. The summed E-state index contributed by atoms with van der Waals surface area (Å²) in [7, 11) is 0. The zero-order chi connectivity index (χ0) is 13.8.